The van der Waals surface area contributed by atoms with E-state index in [0.717, 1.165) is 25.0 Å². The molecule has 17 heavy (non-hydrogen) atoms. The van der Waals surface area contributed by atoms with Crippen molar-refractivity contribution in [1.82, 2.24) is 0 Å². The first-order valence-electron chi connectivity index (χ1n) is 5.80. The number of hydrogen-bond donors (Lipinski definition) is 1. The molecule has 0 atom stereocenters. The summed E-state index contributed by atoms with van der Waals surface area (Å²) >= 11 is 0. The maximum Gasteiger partial charge on any atom is 0.176 e. The number of ketones is 1. The lowest BCUT2D eigenvalue weighted by Crippen LogP contribution is -2.37. The van der Waals surface area contributed by atoms with E-state index in [2.05, 4.69) is 0 Å². The minimum Gasteiger partial charge on any atom is -0.329 e. The summed E-state index contributed by atoms with van der Waals surface area (Å²) < 4.78 is 27.1. The lowest BCUT2D eigenvalue weighted by Gasteiger charge is -2.25. The van der Waals surface area contributed by atoms with Crippen LogP contribution in [0.1, 0.15) is 36.0 Å². The van der Waals surface area contributed by atoms with Gasteiger partial charge < -0.3 is 5.73 Å². The highest BCUT2D eigenvalue weighted by atomic mass is 19.1. The molecule has 2 nitrogen and oxygen atoms in total. The molecule has 0 bridgehead atoms. The third-order valence-electron chi connectivity index (χ3n) is 3.62. The number of carbonyl (C=O) groups excluding carboxylic acids is 1. The number of nitrogens with two attached hydrogens (primary N) is 1. The Kier molecular flexibility index (Phi) is 3.24. The van der Waals surface area contributed by atoms with Gasteiger partial charge >= 0.3 is 0 Å². The maximum atomic E-state index is 13.6. The molecule has 0 heterocycles. The van der Waals surface area contributed by atoms with Gasteiger partial charge in [-0.3, -0.25) is 4.79 Å². The Morgan fingerprint density at radius 2 is 1.76 bits per heavy atom. The molecule has 1 saturated carbocycles. The van der Waals surface area contributed by atoms with Gasteiger partial charge in [-0.25, -0.2) is 8.78 Å². The number of Topliss-reactive ketones (excluding diaryl/α,β-unsaturated/α-hetero) is 1. The molecule has 0 saturated heterocycles. The molecule has 0 amide bonds. The number of carbonyl (C=O) groups is 1. The van der Waals surface area contributed by atoms with Crippen molar-refractivity contribution in [3.05, 3.63) is 35.4 Å². The molecule has 2 N–H and O–H groups in total. The Bertz CT molecular complexity index is 419. The quantitative estimate of drug-likeness (QED) is 0.824. The van der Waals surface area contributed by atoms with Gasteiger partial charge in [-0.1, -0.05) is 18.9 Å². The summed E-state index contributed by atoms with van der Waals surface area (Å²) in [7, 11) is 0. The molecular formula is C13H15F2NO. The first-order valence-corrected chi connectivity index (χ1v) is 5.80. The number of benzene rings is 1. The second kappa shape index (κ2) is 4.53. The van der Waals surface area contributed by atoms with E-state index in [1.807, 2.05) is 0 Å². The summed E-state index contributed by atoms with van der Waals surface area (Å²) in [6.45, 7) is 0.152. The fourth-order valence-corrected chi connectivity index (χ4v) is 2.56. The predicted octanol–water partition coefficient (Wildman–Crippen LogP) is 2.67. The third-order valence-corrected chi connectivity index (χ3v) is 3.62. The summed E-state index contributed by atoms with van der Waals surface area (Å²) in [5.74, 6) is -2.07. The fourth-order valence-electron chi connectivity index (χ4n) is 2.56. The average molecular weight is 239 g/mol. The van der Waals surface area contributed by atoms with Gasteiger partial charge in [0.2, 0.25) is 0 Å². The third kappa shape index (κ3) is 1.97. The zero-order chi connectivity index (χ0) is 12.5. The van der Waals surface area contributed by atoms with Gasteiger partial charge in [-0.15, -0.1) is 0 Å². The minimum absolute atomic E-state index is 0.152. The first-order chi connectivity index (χ1) is 8.10. The molecule has 4 heteroatoms. The van der Waals surface area contributed by atoms with Crippen LogP contribution in [0.15, 0.2) is 18.2 Å². The molecule has 0 unspecified atom stereocenters. The van der Waals surface area contributed by atoms with Crippen LogP contribution in [0.25, 0.3) is 0 Å². The Labute approximate surface area is 98.8 Å². The van der Waals surface area contributed by atoms with Crippen LogP contribution in [-0.4, -0.2) is 12.3 Å². The molecular weight excluding hydrogens is 224 g/mol. The maximum absolute atomic E-state index is 13.6. The zero-order valence-electron chi connectivity index (χ0n) is 9.51. The predicted molar refractivity (Wildman–Crippen MR) is 60.6 cm³/mol. The summed E-state index contributed by atoms with van der Waals surface area (Å²) in [4.78, 5) is 12.3. The molecule has 1 aromatic carbocycles. The Hall–Kier alpha value is -1.29. The molecule has 1 aliphatic rings. The van der Waals surface area contributed by atoms with Crippen LogP contribution in [0.4, 0.5) is 8.78 Å². The second-order valence-electron chi connectivity index (χ2n) is 4.62. The van der Waals surface area contributed by atoms with Gasteiger partial charge in [0.15, 0.2) is 5.78 Å². The van der Waals surface area contributed by atoms with E-state index >= 15 is 0 Å². The van der Waals surface area contributed by atoms with Gasteiger partial charge in [0.25, 0.3) is 0 Å². The summed E-state index contributed by atoms with van der Waals surface area (Å²) in [6.07, 6.45) is 3.02. The molecule has 1 aliphatic carbocycles. The van der Waals surface area contributed by atoms with Crippen LogP contribution in [0.2, 0.25) is 0 Å². The average Bonchev–Trinajstić information content (AvgIpc) is 2.78. The normalized spacial score (nSPS) is 18.3. The van der Waals surface area contributed by atoms with E-state index in [4.69, 9.17) is 5.73 Å². The van der Waals surface area contributed by atoms with Gasteiger partial charge in [-0.2, -0.15) is 0 Å². The second-order valence-corrected chi connectivity index (χ2v) is 4.62. The van der Waals surface area contributed by atoms with Crippen molar-refractivity contribution in [3.63, 3.8) is 0 Å². The van der Waals surface area contributed by atoms with Crippen LogP contribution in [0.3, 0.4) is 0 Å². The van der Waals surface area contributed by atoms with E-state index in [-0.39, 0.29) is 6.54 Å². The molecule has 1 fully saturated rings. The van der Waals surface area contributed by atoms with Crippen molar-refractivity contribution in [3.8, 4) is 0 Å². The Morgan fingerprint density at radius 1 is 1.24 bits per heavy atom. The van der Waals surface area contributed by atoms with E-state index < -0.39 is 28.4 Å². The number of halogens is 2. The van der Waals surface area contributed by atoms with Gasteiger partial charge in [-0.05, 0) is 25.0 Å². The van der Waals surface area contributed by atoms with E-state index in [9.17, 15) is 13.6 Å². The highest BCUT2D eigenvalue weighted by Gasteiger charge is 2.42. The molecule has 0 radical (unpaired) electrons. The smallest absolute Gasteiger partial charge is 0.176 e. The molecule has 2 rings (SSSR count). The van der Waals surface area contributed by atoms with Gasteiger partial charge in [0.1, 0.15) is 11.6 Å². The SMILES string of the molecule is NCC1(C(=O)c2c(F)cccc2F)CCCC1. The van der Waals surface area contributed by atoms with Crippen molar-refractivity contribution < 1.29 is 13.6 Å². The van der Waals surface area contributed by atoms with E-state index in [0.29, 0.717) is 12.8 Å². The van der Waals surface area contributed by atoms with Crippen LogP contribution >= 0.6 is 0 Å². The highest BCUT2D eigenvalue weighted by molar-refractivity contribution is 6.01. The molecule has 0 aromatic heterocycles. The fraction of sp³-hybridized carbons (Fsp3) is 0.462. The van der Waals surface area contributed by atoms with Crippen molar-refractivity contribution in [2.45, 2.75) is 25.7 Å². The monoisotopic (exact) mass is 239 g/mol. The van der Waals surface area contributed by atoms with E-state index in [1.165, 1.54) is 6.07 Å². The number of rotatable bonds is 3. The standard InChI is InChI=1S/C13H15F2NO/c14-9-4-3-5-10(15)11(9)12(17)13(8-16)6-1-2-7-13/h3-5H,1-2,6-8,16H2. The van der Waals surface area contributed by atoms with Crippen molar-refractivity contribution in [2.75, 3.05) is 6.54 Å². The van der Waals surface area contributed by atoms with Crippen LogP contribution < -0.4 is 5.73 Å². The van der Waals surface area contributed by atoms with Crippen molar-refractivity contribution in [2.24, 2.45) is 11.1 Å². The summed E-state index contributed by atoms with van der Waals surface area (Å²) in [6, 6.07) is 3.47. The lowest BCUT2D eigenvalue weighted by atomic mass is 9.78. The van der Waals surface area contributed by atoms with Crippen molar-refractivity contribution in [1.29, 1.82) is 0 Å². The van der Waals surface area contributed by atoms with Crippen LogP contribution in [-0.2, 0) is 0 Å². The van der Waals surface area contributed by atoms with Gasteiger partial charge in [0.05, 0.1) is 5.56 Å². The lowest BCUT2D eigenvalue weighted by molar-refractivity contribution is 0.0800. The largest absolute Gasteiger partial charge is 0.329 e. The van der Waals surface area contributed by atoms with Crippen molar-refractivity contribution >= 4 is 5.78 Å². The highest BCUT2D eigenvalue weighted by Crippen LogP contribution is 2.40. The Morgan fingerprint density at radius 3 is 2.24 bits per heavy atom. The summed E-state index contributed by atoms with van der Waals surface area (Å²) in [5, 5.41) is 0. The Balaban J connectivity index is 2.43. The topological polar surface area (TPSA) is 43.1 Å². The minimum atomic E-state index is -0.797. The van der Waals surface area contributed by atoms with E-state index in [1.54, 1.807) is 0 Å². The van der Waals surface area contributed by atoms with Crippen LogP contribution in [0.5, 0.6) is 0 Å². The molecule has 92 valence electrons. The molecule has 0 spiro atoms. The zero-order valence-corrected chi connectivity index (χ0v) is 9.51. The first kappa shape index (κ1) is 12.2. The summed E-state index contributed by atoms with van der Waals surface area (Å²) in [5.41, 5.74) is 4.45. The van der Waals surface area contributed by atoms with Crippen LogP contribution in [0, 0.1) is 17.0 Å². The molecule has 1 aromatic rings. The van der Waals surface area contributed by atoms with Gasteiger partial charge in [0, 0.05) is 12.0 Å². The number of hydrogen-bond acceptors (Lipinski definition) is 2. The molecule has 0 aliphatic heterocycles.